The summed E-state index contributed by atoms with van der Waals surface area (Å²) >= 11 is 5.42. The molecule has 0 aliphatic rings. The van der Waals surface area contributed by atoms with Crippen LogP contribution in [-0.4, -0.2) is 21.4 Å². The van der Waals surface area contributed by atoms with Crippen molar-refractivity contribution in [2.24, 2.45) is 0 Å². The molecule has 11 heavy (non-hydrogen) atoms. The lowest BCUT2D eigenvalue weighted by atomic mass is 10.5. The van der Waals surface area contributed by atoms with E-state index in [0.717, 1.165) is 0 Å². The van der Waals surface area contributed by atoms with Gasteiger partial charge in [0, 0.05) is 6.07 Å². The summed E-state index contributed by atoms with van der Waals surface area (Å²) in [7, 11) is 0. The fourth-order valence-electron chi connectivity index (χ4n) is 0.533. The molecule has 0 bridgehead atoms. The summed E-state index contributed by atoms with van der Waals surface area (Å²) in [6, 6.07) is 1.36. The lowest BCUT2D eigenvalue weighted by Gasteiger charge is -1.97. The lowest BCUT2D eigenvalue weighted by Crippen LogP contribution is -2.07. The Morgan fingerprint density at radius 3 is 3.00 bits per heavy atom. The normalized spacial score (nSPS) is 9.18. The maximum atomic E-state index is 10.1. The number of hydrogen-bond donors (Lipinski definition) is 2. The number of hydrogen-bond acceptors (Lipinski definition) is 3. The van der Waals surface area contributed by atoms with Crippen molar-refractivity contribution in [2.75, 3.05) is 5.32 Å². The van der Waals surface area contributed by atoms with Crippen molar-refractivity contribution in [3.63, 3.8) is 0 Å². The van der Waals surface area contributed by atoms with Crippen LogP contribution in [0.2, 0.25) is 5.15 Å². The zero-order valence-electron chi connectivity index (χ0n) is 5.28. The number of amides is 1. The summed E-state index contributed by atoms with van der Waals surface area (Å²) in [6.07, 6.45) is 0.106. The molecule has 0 saturated heterocycles. The van der Waals surface area contributed by atoms with E-state index in [-0.39, 0.29) is 5.15 Å². The van der Waals surface area contributed by atoms with Gasteiger partial charge in [0.15, 0.2) is 5.15 Å². The maximum Gasteiger partial charge on any atom is 0.409 e. The second kappa shape index (κ2) is 3.16. The molecule has 0 fully saturated rings. The predicted octanol–water partition coefficient (Wildman–Crippen LogP) is 1.22. The SMILES string of the molecule is O=C(O)Nc1cnnc(Cl)c1. The molecule has 1 rings (SSSR count). The number of nitrogens with one attached hydrogen (secondary N) is 1. The molecule has 6 heteroatoms. The van der Waals surface area contributed by atoms with Gasteiger partial charge in [-0.25, -0.2) is 4.79 Å². The monoisotopic (exact) mass is 173 g/mol. The Morgan fingerprint density at radius 2 is 2.45 bits per heavy atom. The van der Waals surface area contributed by atoms with Crippen LogP contribution in [0, 0.1) is 0 Å². The van der Waals surface area contributed by atoms with Crippen LogP contribution in [0.1, 0.15) is 0 Å². The number of rotatable bonds is 1. The van der Waals surface area contributed by atoms with Crippen LogP contribution in [0.5, 0.6) is 0 Å². The van der Waals surface area contributed by atoms with E-state index in [4.69, 9.17) is 16.7 Å². The van der Waals surface area contributed by atoms with Crippen molar-refractivity contribution in [3.8, 4) is 0 Å². The minimum Gasteiger partial charge on any atom is -0.465 e. The second-order valence-electron chi connectivity index (χ2n) is 1.70. The van der Waals surface area contributed by atoms with Crippen LogP contribution in [0.15, 0.2) is 12.3 Å². The predicted molar refractivity (Wildman–Crippen MR) is 38.7 cm³/mol. The van der Waals surface area contributed by atoms with E-state index in [9.17, 15) is 4.79 Å². The third-order valence-corrected chi connectivity index (χ3v) is 1.06. The van der Waals surface area contributed by atoms with Gasteiger partial charge < -0.3 is 5.11 Å². The smallest absolute Gasteiger partial charge is 0.409 e. The molecule has 0 saturated carbocycles. The van der Waals surface area contributed by atoms with Crippen molar-refractivity contribution in [1.29, 1.82) is 0 Å². The van der Waals surface area contributed by atoms with E-state index >= 15 is 0 Å². The van der Waals surface area contributed by atoms with Crippen molar-refractivity contribution < 1.29 is 9.90 Å². The Balaban J connectivity index is 2.79. The van der Waals surface area contributed by atoms with Gasteiger partial charge in [0.05, 0.1) is 11.9 Å². The summed E-state index contributed by atoms with van der Waals surface area (Å²) in [6.45, 7) is 0. The van der Waals surface area contributed by atoms with E-state index < -0.39 is 6.09 Å². The molecule has 1 aromatic heterocycles. The van der Waals surface area contributed by atoms with Gasteiger partial charge in [-0.2, -0.15) is 5.10 Å². The zero-order chi connectivity index (χ0) is 8.27. The van der Waals surface area contributed by atoms with Crippen LogP contribution in [0.25, 0.3) is 0 Å². The molecule has 5 nitrogen and oxygen atoms in total. The molecule has 0 aliphatic heterocycles. The first kappa shape index (κ1) is 7.74. The quantitative estimate of drug-likeness (QED) is 0.670. The molecular formula is C5H4ClN3O2. The van der Waals surface area contributed by atoms with Gasteiger partial charge in [0.25, 0.3) is 0 Å². The minimum absolute atomic E-state index is 0.149. The molecule has 2 N–H and O–H groups in total. The number of aromatic nitrogens is 2. The van der Waals surface area contributed by atoms with Crippen molar-refractivity contribution in [3.05, 3.63) is 17.4 Å². The highest BCUT2D eigenvalue weighted by molar-refractivity contribution is 6.29. The van der Waals surface area contributed by atoms with Gasteiger partial charge in [-0.05, 0) is 0 Å². The van der Waals surface area contributed by atoms with Gasteiger partial charge in [-0.3, -0.25) is 5.32 Å². The Kier molecular flexibility index (Phi) is 2.22. The van der Waals surface area contributed by atoms with Crippen LogP contribution in [-0.2, 0) is 0 Å². The average molecular weight is 174 g/mol. The molecule has 0 atom stereocenters. The fourth-order valence-corrected chi connectivity index (χ4v) is 0.694. The van der Waals surface area contributed by atoms with Gasteiger partial charge in [0.1, 0.15) is 0 Å². The van der Waals surface area contributed by atoms with Gasteiger partial charge in [-0.1, -0.05) is 11.6 Å². The highest BCUT2D eigenvalue weighted by atomic mass is 35.5. The van der Waals surface area contributed by atoms with Crippen molar-refractivity contribution >= 4 is 23.4 Å². The standard InChI is InChI=1S/C5H4ClN3O2/c6-4-1-3(2-7-9-4)8-5(10)11/h1-2H,(H,8,9)(H,10,11). The third-order valence-electron chi connectivity index (χ3n) is 0.876. The Morgan fingerprint density at radius 1 is 1.73 bits per heavy atom. The first-order valence-electron chi connectivity index (χ1n) is 2.66. The molecule has 0 unspecified atom stereocenters. The Hall–Kier alpha value is -1.36. The third kappa shape index (κ3) is 2.38. The molecule has 0 aliphatic carbocycles. The van der Waals surface area contributed by atoms with E-state index in [1.54, 1.807) is 0 Å². The summed E-state index contributed by atoms with van der Waals surface area (Å²) < 4.78 is 0. The topological polar surface area (TPSA) is 75.1 Å². The van der Waals surface area contributed by atoms with Crippen LogP contribution in [0.4, 0.5) is 10.5 Å². The molecule has 58 valence electrons. The zero-order valence-corrected chi connectivity index (χ0v) is 6.04. The average Bonchev–Trinajstić information content (AvgIpc) is 1.85. The lowest BCUT2D eigenvalue weighted by molar-refractivity contribution is 0.209. The molecule has 0 aromatic carbocycles. The first-order valence-corrected chi connectivity index (χ1v) is 3.04. The number of halogens is 1. The molecule has 1 aromatic rings. The summed E-state index contributed by atoms with van der Waals surface area (Å²) in [5.41, 5.74) is 0.303. The fraction of sp³-hybridized carbons (Fsp3) is 0. The van der Waals surface area contributed by atoms with Gasteiger partial charge in [-0.15, -0.1) is 5.10 Å². The van der Waals surface area contributed by atoms with E-state index in [2.05, 4.69) is 15.5 Å². The van der Waals surface area contributed by atoms with E-state index in [0.29, 0.717) is 5.69 Å². The number of carbonyl (C=O) groups is 1. The van der Waals surface area contributed by atoms with Gasteiger partial charge >= 0.3 is 6.09 Å². The Bertz CT molecular complexity index is 278. The van der Waals surface area contributed by atoms with Crippen molar-refractivity contribution in [2.45, 2.75) is 0 Å². The Labute approximate surface area is 67.0 Å². The summed E-state index contributed by atoms with van der Waals surface area (Å²) in [4.78, 5) is 10.1. The van der Waals surface area contributed by atoms with Crippen LogP contribution >= 0.6 is 11.6 Å². The number of nitrogens with zero attached hydrogens (tertiary/aromatic N) is 2. The second-order valence-corrected chi connectivity index (χ2v) is 2.08. The van der Waals surface area contributed by atoms with Crippen LogP contribution < -0.4 is 5.32 Å². The number of carboxylic acid groups (broad SMARTS) is 1. The number of anilines is 1. The summed E-state index contributed by atoms with van der Waals surface area (Å²) in [5.74, 6) is 0. The maximum absolute atomic E-state index is 10.1. The molecule has 1 heterocycles. The van der Waals surface area contributed by atoms with E-state index in [1.165, 1.54) is 12.3 Å². The van der Waals surface area contributed by atoms with Crippen LogP contribution in [0.3, 0.4) is 0 Å². The largest absolute Gasteiger partial charge is 0.465 e. The molecule has 0 radical (unpaired) electrons. The first-order chi connectivity index (χ1) is 5.18. The minimum atomic E-state index is -1.16. The van der Waals surface area contributed by atoms with Crippen molar-refractivity contribution in [1.82, 2.24) is 10.2 Å². The highest BCUT2D eigenvalue weighted by Crippen LogP contribution is 2.09. The highest BCUT2D eigenvalue weighted by Gasteiger charge is 1.98. The molecule has 0 spiro atoms. The summed E-state index contributed by atoms with van der Waals surface area (Å²) in [5, 5.41) is 17.3. The van der Waals surface area contributed by atoms with E-state index in [1.807, 2.05) is 0 Å². The molecule has 1 amide bonds. The molecular weight excluding hydrogens is 170 g/mol. The van der Waals surface area contributed by atoms with Gasteiger partial charge in [0.2, 0.25) is 0 Å².